The van der Waals surface area contributed by atoms with E-state index in [4.69, 9.17) is 16.6 Å². The van der Waals surface area contributed by atoms with Gasteiger partial charge in [0.1, 0.15) is 0 Å². The molecule has 0 unspecified atom stereocenters. The summed E-state index contributed by atoms with van der Waals surface area (Å²) in [7, 11) is 1.29. The first-order valence-corrected chi connectivity index (χ1v) is 6.36. The molecule has 0 fully saturated rings. The second kappa shape index (κ2) is 6.67. The van der Waals surface area contributed by atoms with E-state index in [1.807, 2.05) is 0 Å². The summed E-state index contributed by atoms with van der Waals surface area (Å²) in [6.45, 7) is 0. The van der Waals surface area contributed by atoms with Crippen molar-refractivity contribution in [1.82, 2.24) is 5.32 Å². The predicted molar refractivity (Wildman–Crippen MR) is 80.2 cm³/mol. The topological polar surface area (TPSA) is 80.6 Å². The van der Waals surface area contributed by atoms with Crippen molar-refractivity contribution in [2.24, 2.45) is 0 Å². The maximum absolute atomic E-state index is 11.8. The zero-order valence-corrected chi connectivity index (χ0v) is 11.9. The Hall–Kier alpha value is -2.67. The molecule has 0 aliphatic carbocycles. The number of carbonyl (C=O) groups excluding carboxylic acids is 2. The van der Waals surface area contributed by atoms with Gasteiger partial charge < -0.3 is 14.5 Å². The normalized spacial score (nSPS) is 9.76. The second-order valence-electron chi connectivity index (χ2n) is 3.92. The highest BCUT2D eigenvalue weighted by atomic mass is 32.1. The number of rotatable bonds is 3. The van der Waals surface area contributed by atoms with E-state index in [1.165, 1.54) is 19.4 Å². The van der Waals surface area contributed by atoms with E-state index < -0.39 is 11.9 Å². The van der Waals surface area contributed by atoms with E-state index in [-0.39, 0.29) is 10.9 Å². The molecule has 0 aliphatic heterocycles. The summed E-state index contributed by atoms with van der Waals surface area (Å²) in [6.07, 6.45) is 1.39. The standard InChI is InChI=1S/C14H12N2O4S/c1-19-13(18)9-5-2-3-6-10(9)15-14(21)16-12(17)11-7-4-8-20-11/h2-8H,1H3,(H2,15,16,17,21). The van der Waals surface area contributed by atoms with Gasteiger partial charge in [0.25, 0.3) is 5.91 Å². The van der Waals surface area contributed by atoms with Gasteiger partial charge in [0.15, 0.2) is 10.9 Å². The van der Waals surface area contributed by atoms with Gasteiger partial charge in [0, 0.05) is 0 Å². The minimum Gasteiger partial charge on any atom is -0.465 e. The van der Waals surface area contributed by atoms with E-state index in [9.17, 15) is 9.59 Å². The van der Waals surface area contributed by atoms with Crippen molar-refractivity contribution < 1.29 is 18.7 Å². The highest BCUT2D eigenvalue weighted by molar-refractivity contribution is 7.80. The van der Waals surface area contributed by atoms with Gasteiger partial charge in [-0.05, 0) is 36.5 Å². The number of hydrogen-bond acceptors (Lipinski definition) is 5. The number of carbonyl (C=O) groups is 2. The second-order valence-corrected chi connectivity index (χ2v) is 4.33. The fourth-order valence-electron chi connectivity index (χ4n) is 1.61. The largest absolute Gasteiger partial charge is 0.465 e. The van der Waals surface area contributed by atoms with Gasteiger partial charge in [-0.15, -0.1) is 0 Å². The van der Waals surface area contributed by atoms with E-state index in [1.54, 1.807) is 30.3 Å². The highest BCUT2D eigenvalue weighted by Gasteiger charge is 2.14. The maximum atomic E-state index is 11.8. The number of benzene rings is 1. The molecule has 2 rings (SSSR count). The molecule has 0 atom stereocenters. The van der Waals surface area contributed by atoms with Crippen LogP contribution in [-0.2, 0) is 4.74 Å². The van der Waals surface area contributed by atoms with Gasteiger partial charge >= 0.3 is 5.97 Å². The molecule has 2 N–H and O–H groups in total. The summed E-state index contributed by atoms with van der Waals surface area (Å²) in [6, 6.07) is 9.77. The minimum atomic E-state index is -0.502. The molecule has 7 heteroatoms. The third-order valence-electron chi connectivity index (χ3n) is 2.55. The van der Waals surface area contributed by atoms with Crippen molar-refractivity contribution >= 4 is 34.9 Å². The molecule has 21 heavy (non-hydrogen) atoms. The Labute approximate surface area is 126 Å². The summed E-state index contributed by atoms with van der Waals surface area (Å²) >= 11 is 5.03. The lowest BCUT2D eigenvalue weighted by Gasteiger charge is -2.11. The van der Waals surface area contributed by atoms with Crippen LogP contribution in [0.1, 0.15) is 20.9 Å². The molecule has 0 saturated heterocycles. The van der Waals surface area contributed by atoms with Crippen LogP contribution in [0.15, 0.2) is 47.1 Å². The molecule has 0 aliphatic rings. The first kappa shape index (κ1) is 14.7. The number of para-hydroxylation sites is 1. The van der Waals surface area contributed by atoms with Crippen molar-refractivity contribution in [3.63, 3.8) is 0 Å². The molecule has 2 aromatic rings. The first-order chi connectivity index (χ1) is 10.1. The third-order valence-corrected chi connectivity index (χ3v) is 2.76. The Morgan fingerprint density at radius 3 is 2.62 bits per heavy atom. The molecule has 0 saturated carbocycles. The Bertz CT molecular complexity index is 667. The Balaban J connectivity index is 2.06. The molecular formula is C14H12N2O4S. The average Bonchev–Trinajstić information content (AvgIpc) is 3.01. The highest BCUT2D eigenvalue weighted by Crippen LogP contribution is 2.15. The number of furan rings is 1. The van der Waals surface area contributed by atoms with Crippen molar-refractivity contribution in [1.29, 1.82) is 0 Å². The molecule has 0 spiro atoms. The van der Waals surface area contributed by atoms with Crippen LogP contribution in [0, 0.1) is 0 Å². The number of amides is 1. The van der Waals surface area contributed by atoms with Gasteiger partial charge in [0.2, 0.25) is 0 Å². The number of thiocarbonyl (C=S) groups is 1. The quantitative estimate of drug-likeness (QED) is 0.668. The summed E-state index contributed by atoms with van der Waals surface area (Å²) in [5.41, 5.74) is 0.753. The average molecular weight is 304 g/mol. The summed E-state index contributed by atoms with van der Waals surface area (Å²) in [5, 5.41) is 5.27. The summed E-state index contributed by atoms with van der Waals surface area (Å²) < 4.78 is 9.63. The van der Waals surface area contributed by atoms with Crippen LogP contribution in [0.2, 0.25) is 0 Å². The third kappa shape index (κ3) is 3.67. The number of ether oxygens (including phenoxy) is 1. The number of esters is 1. The summed E-state index contributed by atoms with van der Waals surface area (Å²) in [4.78, 5) is 23.4. The van der Waals surface area contributed by atoms with Crippen molar-refractivity contribution in [2.45, 2.75) is 0 Å². The maximum Gasteiger partial charge on any atom is 0.339 e. The van der Waals surface area contributed by atoms with Gasteiger partial charge in [-0.2, -0.15) is 0 Å². The number of nitrogens with one attached hydrogen (secondary N) is 2. The predicted octanol–water partition coefficient (Wildman–Crippen LogP) is 2.19. The first-order valence-electron chi connectivity index (χ1n) is 5.95. The van der Waals surface area contributed by atoms with Crippen molar-refractivity contribution in [3.05, 3.63) is 54.0 Å². The van der Waals surface area contributed by atoms with Crippen LogP contribution < -0.4 is 10.6 Å². The van der Waals surface area contributed by atoms with E-state index in [0.29, 0.717) is 11.3 Å². The fraction of sp³-hybridized carbons (Fsp3) is 0.0714. The zero-order chi connectivity index (χ0) is 15.2. The Morgan fingerprint density at radius 1 is 1.19 bits per heavy atom. The molecule has 1 heterocycles. The Kier molecular flexibility index (Phi) is 4.68. The molecule has 1 aromatic heterocycles. The molecule has 1 aromatic carbocycles. The number of hydrogen-bond donors (Lipinski definition) is 2. The van der Waals surface area contributed by atoms with Crippen LogP contribution >= 0.6 is 12.2 Å². The summed E-state index contributed by atoms with van der Waals surface area (Å²) in [5.74, 6) is -0.841. The van der Waals surface area contributed by atoms with E-state index in [2.05, 4.69) is 15.4 Å². The lowest BCUT2D eigenvalue weighted by atomic mass is 10.2. The van der Waals surface area contributed by atoms with E-state index >= 15 is 0 Å². The van der Waals surface area contributed by atoms with Crippen molar-refractivity contribution in [3.8, 4) is 0 Å². The number of methoxy groups -OCH3 is 1. The van der Waals surface area contributed by atoms with Crippen LogP contribution in [0.5, 0.6) is 0 Å². The molecule has 108 valence electrons. The van der Waals surface area contributed by atoms with Crippen molar-refractivity contribution in [2.75, 3.05) is 12.4 Å². The van der Waals surface area contributed by atoms with Gasteiger partial charge in [0.05, 0.1) is 24.6 Å². The SMILES string of the molecule is COC(=O)c1ccccc1NC(=S)NC(=O)c1ccco1. The van der Waals surface area contributed by atoms with Crippen LogP contribution in [0.3, 0.4) is 0 Å². The van der Waals surface area contributed by atoms with Crippen LogP contribution in [0.4, 0.5) is 5.69 Å². The lowest BCUT2D eigenvalue weighted by Crippen LogP contribution is -2.34. The molecular weight excluding hydrogens is 292 g/mol. The lowest BCUT2D eigenvalue weighted by molar-refractivity contribution is 0.0602. The Morgan fingerprint density at radius 2 is 1.95 bits per heavy atom. The molecule has 0 bridgehead atoms. The van der Waals surface area contributed by atoms with Gasteiger partial charge in [-0.1, -0.05) is 12.1 Å². The van der Waals surface area contributed by atoms with Crippen LogP contribution in [-0.4, -0.2) is 24.1 Å². The zero-order valence-electron chi connectivity index (χ0n) is 11.1. The smallest absolute Gasteiger partial charge is 0.339 e. The van der Waals surface area contributed by atoms with Gasteiger partial charge in [-0.25, -0.2) is 4.79 Å². The van der Waals surface area contributed by atoms with Crippen LogP contribution in [0.25, 0.3) is 0 Å². The molecule has 1 amide bonds. The van der Waals surface area contributed by atoms with Gasteiger partial charge in [-0.3, -0.25) is 10.1 Å². The number of anilines is 1. The fourth-order valence-corrected chi connectivity index (χ4v) is 1.81. The molecule has 6 nitrogen and oxygen atoms in total. The van der Waals surface area contributed by atoms with E-state index in [0.717, 1.165) is 0 Å². The minimum absolute atomic E-state index is 0.0488. The monoisotopic (exact) mass is 304 g/mol. The molecule has 0 radical (unpaired) electrons.